The number of carbonyl (C=O) groups is 1. The quantitative estimate of drug-likeness (QED) is 0.516. The Balaban J connectivity index is 1.23. The second kappa shape index (κ2) is 7.69. The van der Waals surface area contributed by atoms with Gasteiger partial charge in [-0.15, -0.1) is 11.3 Å². The van der Waals surface area contributed by atoms with Gasteiger partial charge in [0.25, 0.3) is 5.91 Å². The number of ether oxygens (including phenoxy) is 1. The molecule has 2 aromatic rings. The number of hydrogen-bond acceptors (Lipinski definition) is 7. The topological polar surface area (TPSA) is 107 Å². The summed E-state index contributed by atoms with van der Waals surface area (Å²) in [5.74, 6) is 0.248. The third kappa shape index (κ3) is 3.34. The number of rotatable bonds is 6. The minimum atomic E-state index is -1.30. The first-order chi connectivity index (χ1) is 17.1. The number of allylic oxidation sites excluding steroid dienone is 2. The Morgan fingerprint density at radius 1 is 1.23 bits per heavy atom. The summed E-state index contributed by atoms with van der Waals surface area (Å²) in [5, 5.41) is 22.1. The summed E-state index contributed by atoms with van der Waals surface area (Å²) in [6.07, 6.45) is 12.5. The molecular weight excluding hydrogens is 467 g/mol. The van der Waals surface area contributed by atoms with E-state index in [1.54, 1.807) is 12.3 Å². The van der Waals surface area contributed by atoms with E-state index in [4.69, 9.17) is 4.74 Å². The van der Waals surface area contributed by atoms with Crippen molar-refractivity contribution in [1.82, 2.24) is 15.5 Å². The van der Waals surface area contributed by atoms with Crippen LogP contribution in [-0.2, 0) is 17.6 Å². The molecule has 0 radical (unpaired) electrons. The lowest BCUT2D eigenvalue weighted by atomic mass is 9.84. The summed E-state index contributed by atoms with van der Waals surface area (Å²) in [5.41, 5.74) is 0.541. The van der Waals surface area contributed by atoms with Crippen molar-refractivity contribution < 1.29 is 13.9 Å². The van der Waals surface area contributed by atoms with Crippen molar-refractivity contribution in [2.45, 2.75) is 68.6 Å². The Kier molecular flexibility index (Phi) is 4.66. The Labute approximate surface area is 205 Å². The summed E-state index contributed by atoms with van der Waals surface area (Å²) in [6.45, 7) is 0. The third-order valence-electron chi connectivity index (χ3n) is 7.41. The predicted octanol–water partition coefficient (Wildman–Crippen LogP) is 4.51. The summed E-state index contributed by atoms with van der Waals surface area (Å²) < 4.78 is 21.7. The van der Waals surface area contributed by atoms with Crippen molar-refractivity contribution in [2.24, 2.45) is 10.2 Å². The Bertz CT molecular complexity index is 1330. The molecule has 2 aliphatic heterocycles. The molecule has 0 bridgehead atoms. The number of fused-ring (bicyclic) bond motifs is 2. The fourth-order valence-corrected chi connectivity index (χ4v) is 6.55. The standard InChI is InChI=1S/C25H25FN6O2S/c26-16-9-10-24(29-21-13-17(30-32-21)14-7-8-14)25(34-24,20-6-3-11-27-31-20)22(16)28-23(33)19-12-15-4-1-2-5-18(15)35-19/h9-14H,1-8H2,(H,28,33)(H2,29,30,32). The van der Waals surface area contributed by atoms with E-state index < -0.39 is 17.2 Å². The number of nitrogens with one attached hydrogen (secondary N) is 3. The summed E-state index contributed by atoms with van der Waals surface area (Å²) in [6, 6.07) is 3.92. The van der Waals surface area contributed by atoms with Crippen molar-refractivity contribution in [2.75, 3.05) is 5.32 Å². The highest BCUT2D eigenvalue weighted by molar-refractivity contribution is 7.14. The van der Waals surface area contributed by atoms with Crippen LogP contribution in [0.25, 0.3) is 0 Å². The van der Waals surface area contributed by atoms with Gasteiger partial charge in [-0.05, 0) is 75.1 Å². The van der Waals surface area contributed by atoms with Crippen LogP contribution >= 0.6 is 11.3 Å². The zero-order valence-electron chi connectivity index (χ0n) is 19.1. The third-order valence-corrected chi connectivity index (χ3v) is 8.65. The van der Waals surface area contributed by atoms with E-state index in [1.165, 1.54) is 27.9 Å². The summed E-state index contributed by atoms with van der Waals surface area (Å²) in [7, 11) is 0. The molecule has 2 unspecified atom stereocenters. The van der Waals surface area contributed by atoms with Gasteiger partial charge in [0.15, 0.2) is 5.82 Å². The second-order valence-electron chi connectivity index (χ2n) is 9.79. The van der Waals surface area contributed by atoms with E-state index >= 15 is 4.39 Å². The van der Waals surface area contributed by atoms with Crippen LogP contribution in [0.3, 0.4) is 0 Å². The predicted molar refractivity (Wildman–Crippen MR) is 132 cm³/mol. The maximum atomic E-state index is 15.4. The number of amides is 1. The number of hydrogen-bond donors (Lipinski definition) is 3. The van der Waals surface area contributed by atoms with Gasteiger partial charge in [0.2, 0.25) is 11.3 Å². The van der Waals surface area contributed by atoms with Gasteiger partial charge >= 0.3 is 0 Å². The lowest BCUT2D eigenvalue weighted by Crippen LogP contribution is -2.47. The van der Waals surface area contributed by atoms with Crippen LogP contribution < -0.4 is 10.6 Å². The smallest absolute Gasteiger partial charge is 0.265 e. The fourth-order valence-electron chi connectivity index (χ4n) is 5.40. The van der Waals surface area contributed by atoms with E-state index in [0.717, 1.165) is 44.2 Å². The Hall–Kier alpha value is -3.11. The largest absolute Gasteiger partial charge is 0.334 e. The highest BCUT2D eigenvalue weighted by atomic mass is 32.1. The molecule has 180 valence electrons. The van der Waals surface area contributed by atoms with Gasteiger partial charge in [-0.2, -0.15) is 15.3 Å². The lowest BCUT2D eigenvalue weighted by molar-refractivity contribution is 0.0963. The zero-order valence-corrected chi connectivity index (χ0v) is 19.9. The molecule has 2 atom stereocenters. The van der Waals surface area contributed by atoms with Gasteiger partial charge in [0.1, 0.15) is 5.83 Å². The summed E-state index contributed by atoms with van der Waals surface area (Å²) in [4.78, 5) is 15.2. The number of aromatic amines is 1. The van der Waals surface area contributed by atoms with Gasteiger partial charge in [-0.3, -0.25) is 9.89 Å². The molecule has 2 aromatic heterocycles. The van der Waals surface area contributed by atoms with E-state index in [0.29, 0.717) is 35.2 Å². The maximum absolute atomic E-state index is 15.4. The molecule has 1 saturated carbocycles. The zero-order chi connectivity index (χ0) is 23.6. The van der Waals surface area contributed by atoms with E-state index in [-0.39, 0.29) is 11.6 Å². The van der Waals surface area contributed by atoms with Crippen molar-refractivity contribution >= 4 is 35.0 Å². The van der Waals surface area contributed by atoms with Crippen LogP contribution in [0.2, 0.25) is 0 Å². The molecule has 35 heavy (non-hydrogen) atoms. The van der Waals surface area contributed by atoms with Gasteiger partial charge in [0, 0.05) is 28.8 Å². The number of aryl methyl sites for hydroxylation is 2. The summed E-state index contributed by atoms with van der Waals surface area (Å²) >= 11 is 1.50. The van der Waals surface area contributed by atoms with Crippen molar-refractivity contribution in [3.8, 4) is 0 Å². The van der Waals surface area contributed by atoms with Crippen LogP contribution in [0.15, 0.2) is 46.0 Å². The number of epoxide rings is 1. The monoisotopic (exact) mass is 492 g/mol. The van der Waals surface area contributed by atoms with E-state index in [2.05, 4.69) is 31.0 Å². The van der Waals surface area contributed by atoms with Crippen molar-refractivity contribution in [3.05, 3.63) is 56.8 Å². The molecule has 7 rings (SSSR count). The maximum Gasteiger partial charge on any atom is 0.265 e. The van der Waals surface area contributed by atoms with Crippen molar-refractivity contribution in [1.29, 1.82) is 0 Å². The van der Waals surface area contributed by atoms with Crippen molar-refractivity contribution in [3.63, 3.8) is 0 Å². The number of thiophene rings is 1. The lowest BCUT2D eigenvalue weighted by Gasteiger charge is -2.26. The average molecular weight is 493 g/mol. The number of halogens is 1. The van der Waals surface area contributed by atoms with Crippen LogP contribution in [0, 0.1) is 0 Å². The first-order valence-electron chi connectivity index (χ1n) is 12.2. The number of nitrogens with zero attached hydrogens (tertiary/aromatic N) is 3. The molecule has 3 N–H and O–H groups in total. The number of carbonyl (C=O) groups excluding carboxylic acids is 1. The highest BCUT2D eigenvalue weighted by Gasteiger charge is 2.77. The Morgan fingerprint density at radius 3 is 2.91 bits per heavy atom. The molecule has 0 spiro atoms. The molecule has 3 aliphatic carbocycles. The van der Waals surface area contributed by atoms with E-state index in [1.807, 2.05) is 12.1 Å². The van der Waals surface area contributed by atoms with Gasteiger partial charge in [0.05, 0.1) is 16.3 Å². The van der Waals surface area contributed by atoms with Crippen LogP contribution in [0.1, 0.15) is 70.2 Å². The number of aromatic nitrogens is 2. The molecular formula is C25H25FN6O2S. The normalized spacial score (nSPS) is 28.9. The second-order valence-corrected chi connectivity index (χ2v) is 10.9. The molecule has 8 nitrogen and oxygen atoms in total. The van der Waals surface area contributed by atoms with Gasteiger partial charge in [-0.1, -0.05) is 0 Å². The average Bonchev–Trinajstić information content (AvgIpc) is 3.73. The number of H-pyrrole nitrogens is 1. The molecule has 0 aromatic carbocycles. The van der Waals surface area contributed by atoms with Crippen LogP contribution in [0.5, 0.6) is 0 Å². The molecule has 4 heterocycles. The minimum absolute atomic E-state index is 0.0673. The first kappa shape index (κ1) is 21.2. The van der Waals surface area contributed by atoms with Crippen LogP contribution in [-0.4, -0.2) is 39.4 Å². The van der Waals surface area contributed by atoms with Gasteiger partial charge < -0.3 is 15.4 Å². The fraction of sp³-hybridized carbons (Fsp3) is 0.440. The molecule has 2 fully saturated rings. The Morgan fingerprint density at radius 2 is 2.11 bits per heavy atom. The molecule has 5 aliphatic rings. The van der Waals surface area contributed by atoms with Gasteiger partial charge in [-0.25, -0.2) is 4.39 Å². The van der Waals surface area contributed by atoms with E-state index in [9.17, 15) is 4.79 Å². The SMILES string of the molecule is O=C(NC1=C(F)C=CC2(Nc3cc(C4CC4)[nH]n3)OC12C1=NN=CCC1)c1cc2c(s1)CCCC2. The molecule has 1 amide bonds. The molecule has 10 heteroatoms. The van der Waals surface area contributed by atoms with Crippen LogP contribution in [0.4, 0.5) is 10.2 Å². The number of anilines is 1. The first-order valence-corrected chi connectivity index (χ1v) is 13.0. The highest BCUT2D eigenvalue weighted by Crippen LogP contribution is 2.58. The molecule has 1 saturated heterocycles. The minimum Gasteiger partial charge on any atom is -0.334 e.